The molecule has 0 aromatic heterocycles. The lowest BCUT2D eigenvalue weighted by molar-refractivity contribution is -0.151. The number of hydrogen-bond acceptors (Lipinski definition) is 5. The Hall–Kier alpha value is -1.92. The Labute approximate surface area is 309 Å². The van der Waals surface area contributed by atoms with Crippen LogP contribution in [0.5, 0.6) is 0 Å². The van der Waals surface area contributed by atoms with Gasteiger partial charge in [0.2, 0.25) is 5.91 Å². The molecule has 3 N–H and O–H groups in total. The number of esters is 1. The maximum atomic E-state index is 13.0. The SMILES string of the molecule is CC/C=C/C/C=C/C/C=C/CCCCCCC(=O)OC(CCCCCCCCC)CC(=O)NC(CO)C(O)CCCCCCCCCCCC. The van der Waals surface area contributed by atoms with E-state index in [0.717, 1.165) is 89.9 Å². The van der Waals surface area contributed by atoms with Crippen molar-refractivity contribution in [1.82, 2.24) is 5.32 Å². The predicted molar refractivity (Wildman–Crippen MR) is 213 cm³/mol. The Morgan fingerprint density at radius 3 is 1.64 bits per heavy atom. The largest absolute Gasteiger partial charge is 0.462 e. The smallest absolute Gasteiger partial charge is 0.306 e. The molecule has 0 bridgehead atoms. The summed E-state index contributed by atoms with van der Waals surface area (Å²) in [5.74, 6) is -0.505. The van der Waals surface area contributed by atoms with Crippen LogP contribution in [-0.2, 0) is 14.3 Å². The van der Waals surface area contributed by atoms with Crippen molar-refractivity contribution in [3.8, 4) is 0 Å². The quantitative estimate of drug-likeness (QED) is 0.0340. The lowest BCUT2D eigenvalue weighted by atomic mass is 10.0. The molecule has 0 heterocycles. The molecule has 50 heavy (non-hydrogen) atoms. The standard InChI is InChI=1S/C44H81NO5/c1-4-7-10-13-16-18-20-21-22-23-25-28-31-34-37-44(49)50-40(35-32-29-26-15-12-9-6-3)38-43(48)45-41(39-46)42(47)36-33-30-27-24-19-17-14-11-8-5-2/h7,10,16,18,21-22,40-42,46-47H,4-6,8-9,11-15,17,19-20,23-39H2,1-3H3,(H,45,48)/b10-7+,18-16+,22-21+. The van der Waals surface area contributed by atoms with Crippen LogP contribution >= 0.6 is 0 Å². The van der Waals surface area contributed by atoms with Crippen LogP contribution in [0.1, 0.15) is 207 Å². The number of allylic oxidation sites excluding steroid dienone is 6. The van der Waals surface area contributed by atoms with E-state index in [2.05, 4.69) is 62.5 Å². The van der Waals surface area contributed by atoms with Gasteiger partial charge in [0.25, 0.3) is 0 Å². The van der Waals surface area contributed by atoms with E-state index in [1.165, 1.54) is 70.6 Å². The number of aliphatic hydroxyl groups excluding tert-OH is 2. The third-order valence-corrected chi connectivity index (χ3v) is 9.48. The number of aliphatic hydroxyl groups is 2. The molecule has 6 nitrogen and oxygen atoms in total. The molecular formula is C44H81NO5. The summed E-state index contributed by atoms with van der Waals surface area (Å²) in [6.45, 7) is 6.30. The molecule has 1 amide bonds. The molecule has 292 valence electrons. The second kappa shape index (κ2) is 38.3. The van der Waals surface area contributed by atoms with Crippen LogP contribution in [0.25, 0.3) is 0 Å². The van der Waals surface area contributed by atoms with Gasteiger partial charge < -0.3 is 20.3 Å². The molecule has 0 aromatic carbocycles. The summed E-state index contributed by atoms with van der Waals surface area (Å²) < 4.78 is 5.85. The van der Waals surface area contributed by atoms with Gasteiger partial charge in [-0.15, -0.1) is 0 Å². The molecule has 3 unspecified atom stereocenters. The second-order valence-corrected chi connectivity index (χ2v) is 14.4. The van der Waals surface area contributed by atoms with Crippen molar-refractivity contribution >= 4 is 11.9 Å². The molecule has 0 aliphatic heterocycles. The van der Waals surface area contributed by atoms with Crippen molar-refractivity contribution in [2.75, 3.05) is 6.61 Å². The number of amides is 1. The fourth-order valence-corrected chi connectivity index (χ4v) is 6.27. The summed E-state index contributed by atoms with van der Waals surface area (Å²) in [7, 11) is 0. The van der Waals surface area contributed by atoms with E-state index in [4.69, 9.17) is 4.74 Å². The van der Waals surface area contributed by atoms with Gasteiger partial charge in [-0.25, -0.2) is 0 Å². The highest BCUT2D eigenvalue weighted by molar-refractivity contribution is 5.77. The summed E-state index contributed by atoms with van der Waals surface area (Å²) in [6.07, 6.45) is 42.1. The third-order valence-electron chi connectivity index (χ3n) is 9.48. The van der Waals surface area contributed by atoms with E-state index in [0.29, 0.717) is 19.3 Å². The molecule has 0 spiro atoms. The molecule has 0 fully saturated rings. The molecule has 3 atom stereocenters. The van der Waals surface area contributed by atoms with Crippen molar-refractivity contribution in [2.45, 2.75) is 225 Å². The fourth-order valence-electron chi connectivity index (χ4n) is 6.27. The van der Waals surface area contributed by atoms with Crippen LogP contribution in [0.15, 0.2) is 36.5 Å². The molecule has 0 aliphatic carbocycles. The van der Waals surface area contributed by atoms with Gasteiger partial charge in [-0.05, 0) is 57.8 Å². The van der Waals surface area contributed by atoms with Crippen LogP contribution in [0.2, 0.25) is 0 Å². The Kier molecular flexibility index (Phi) is 36.8. The van der Waals surface area contributed by atoms with Gasteiger partial charge in [-0.3, -0.25) is 9.59 Å². The van der Waals surface area contributed by atoms with Crippen LogP contribution in [0, 0.1) is 0 Å². The van der Waals surface area contributed by atoms with Gasteiger partial charge in [0.15, 0.2) is 0 Å². The summed E-state index contributed by atoms with van der Waals surface area (Å²) in [5.41, 5.74) is 0. The highest BCUT2D eigenvalue weighted by Gasteiger charge is 2.24. The van der Waals surface area contributed by atoms with Crippen molar-refractivity contribution in [1.29, 1.82) is 0 Å². The lowest BCUT2D eigenvalue weighted by Gasteiger charge is -2.24. The Morgan fingerprint density at radius 1 is 0.600 bits per heavy atom. The van der Waals surface area contributed by atoms with Crippen molar-refractivity contribution < 1.29 is 24.5 Å². The highest BCUT2D eigenvalue weighted by Crippen LogP contribution is 2.17. The van der Waals surface area contributed by atoms with Crippen LogP contribution in [0.3, 0.4) is 0 Å². The van der Waals surface area contributed by atoms with Gasteiger partial charge in [0, 0.05) is 6.42 Å². The first-order chi connectivity index (χ1) is 24.5. The summed E-state index contributed by atoms with van der Waals surface area (Å²) in [6, 6.07) is -0.699. The van der Waals surface area contributed by atoms with Crippen LogP contribution in [-0.4, -0.2) is 46.9 Å². The highest BCUT2D eigenvalue weighted by atomic mass is 16.5. The van der Waals surface area contributed by atoms with Crippen molar-refractivity contribution in [3.05, 3.63) is 36.5 Å². The topological polar surface area (TPSA) is 95.9 Å². The zero-order valence-corrected chi connectivity index (χ0v) is 33.0. The maximum Gasteiger partial charge on any atom is 0.306 e. The maximum absolute atomic E-state index is 13.0. The zero-order chi connectivity index (χ0) is 36.8. The normalized spacial score (nSPS) is 13.8. The minimum Gasteiger partial charge on any atom is -0.462 e. The summed E-state index contributed by atoms with van der Waals surface area (Å²) in [4.78, 5) is 25.8. The number of ether oxygens (including phenoxy) is 1. The Morgan fingerprint density at radius 2 is 1.08 bits per heavy atom. The second-order valence-electron chi connectivity index (χ2n) is 14.4. The number of unbranched alkanes of at least 4 members (excludes halogenated alkanes) is 19. The predicted octanol–water partition coefficient (Wildman–Crippen LogP) is 11.8. The van der Waals surface area contributed by atoms with E-state index in [-0.39, 0.29) is 24.9 Å². The number of nitrogens with one attached hydrogen (secondary N) is 1. The number of rotatable bonds is 37. The number of hydrogen-bond donors (Lipinski definition) is 3. The summed E-state index contributed by atoms with van der Waals surface area (Å²) in [5, 5.41) is 23.5. The van der Waals surface area contributed by atoms with E-state index in [9.17, 15) is 19.8 Å². The van der Waals surface area contributed by atoms with E-state index in [1.807, 2.05) is 0 Å². The van der Waals surface area contributed by atoms with Gasteiger partial charge in [-0.1, -0.05) is 173 Å². The van der Waals surface area contributed by atoms with Gasteiger partial charge in [0.1, 0.15) is 6.10 Å². The van der Waals surface area contributed by atoms with E-state index < -0.39 is 18.2 Å². The van der Waals surface area contributed by atoms with Crippen molar-refractivity contribution in [3.63, 3.8) is 0 Å². The Balaban J connectivity index is 4.51. The lowest BCUT2D eigenvalue weighted by Crippen LogP contribution is -2.46. The summed E-state index contributed by atoms with van der Waals surface area (Å²) >= 11 is 0. The van der Waals surface area contributed by atoms with Crippen LogP contribution in [0.4, 0.5) is 0 Å². The first kappa shape index (κ1) is 48.1. The third kappa shape index (κ3) is 33.2. The van der Waals surface area contributed by atoms with E-state index >= 15 is 0 Å². The Bertz CT molecular complexity index is 838. The fraction of sp³-hybridized carbons (Fsp3) is 0.818. The van der Waals surface area contributed by atoms with Gasteiger partial charge >= 0.3 is 5.97 Å². The molecule has 0 saturated carbocycles. The average Bonchev–Trinajstić information content (AvgIpc) is 3.10. The molecule has 0 radical (unpaired) electrons. The molecular weight excluding hydrogens is 622 g/mol. The average molecular weight is 704 g/mol. The molecule has 0 rings (SSSR count). The molecule has 0 aliphatic rings. The first-order valence-corrected chi connectivity index (χ1v) is 21.2. The van der Waals surface area contributed by atoms with Gasteiger partial charge in [-0.2, -0.15) is 0 Å². The zero-order valence-electron chi connectivity index (χ0n) is 33.0. The molecule has 0 aromatic rings. The minimum absolute atomic E-state index is 0.0695. The monoisotopic (exact) mass is 704 g/mol. The van der Waals surface area contributed by atoms with Crippen LogP contribution < -0.4 is 5.32 Å². The van der Waals surface area contributed by atoms with Crippen molar-refractivity contribution in [2.24, 2.45) is 0 Å². The number of carbonyl (C=O) groups excluding carboxylic acids is 2. The first-order valence-electron chi connectivity index (χ1n) is 21.2. The molecule has 0 saturated heterocycles. The number of carbonyl (C=O) groups is 2. The molecule has 6 heteroatoms. The van der Waals surface area contributed by atoms with E-state index in [1.54, 1.807) is 0 Å². The minimum atomic E-state index is -0.785. The van der Waals surface area contributed by atoms with Gasteiger partial charge in [0.05, 0.1) is 25.2 Å².